The molecule has 1 amide bonds. The number of rotatable bonds is 5. The van der Waals surface area contributed by atoms with Gasteiger partial charge in [0.15, 0.2) is 5.78 Å². The highest BCUT2D eigenvalue weighted by Gasteiger charge is 2.75. The van der Waals surface area contributed by atoms with Crippen LogP contribution in [-0.4, -0.2) is 76.8 Å². The fraction of sp³-hybridized carbons (Fsp3) is 0.720. The molecule has 0 N–H and O–H groups in total. The molecular weight excluding hydrogens is 474 g/mol. The first-order valence-corrected chi connectivity index (χ1v) is 14.1. The van der Waals surface area contributed by atoms with Gasteiger partial charge in [-0.05, 0) is 25.2 Å². The Labute approximate surface area is 206 Å². The van der Waals surface area contributed by atoms with Crippen molar-refractivity contribution in [2.45, 2.75) is 39.0 Å². The Hall–Kier alpha value is -2.04. The summed E-state index contributed by atoms with van der Waals surface area (Å²) in [4.78, 5) is 41.3. The molecule has 10 heteroatoms. The minimum absolute atomic E-state index is 0.0969. The summed E-state index contributed by atoms with van der Waals surface area (Å²) in [6.45, 7) is 7.74. The zero-order valence-corrected chi connectivity index (χ0v) is 21.2. The van der Waals surface area contributed by atoms with Gasteiger partial charge in [0.25, 0.3) is 10.1 Å². The minimum Gasteiger partial charge on any atom is -0.449 e. The summed E-state index contributed by atoms with van der Waals surface area (Å²) in [5.41, 5.74) is -1.15. The van der Waals surface area contributed by atoms with Crippen LogP contribution in [0.25, 0.3) is 0 Å². The average molecular weight is 508 g/mol. The van der Waals surface area contributed by atoms with E-state index in [1.807, 2.05) is 6.92 Å². The summed E-state index contributed by atoms with van der Waals surface area (Å²) in [5.74, 6) is -1.06. The van der Waals surface area contributed by atoms with E-state index in [2.05, 4.69) is 6.58 Å². The van der Waals surface area contributed by atoms with E-state index >= 15 is 0 Å². The molecule has 192 valence electrons. The van der Waals surface area contributed by atoms with E-state index < -0.39 is 38.4 Å². The molecule has 0 aromatic rings. The molecule has 3 saturated carbocycles. The molecule has 35 heavy (non-hydrogen) atoms. The van der Waals surface area contributed by atoms with Crippen LogP contribution < -0.4 is 0 Å². The Morgan fingerprint density at radius 2 is 1.94 bits per heavy atom. The van der Waals surface area contributed by atoms with Crippen LogP contribution in [0.15, 0.2) is 23.8 Å². The molecule has 1 spiro atoms. The van der Waals surface area contributed by atoms with Crippen molar-refractivity contribution in [3.8, 4) is 0 Å². The number of allylic oxidation sites excluding steroid dienone is 3. The zero-order chi connectivity index (χ0) is 25.2. The molecule has 0 radical (unpaired) electrons. The number of carbonyl (C=O) groups excluding carboxylic acids is 3. The smallest absolute Gasteiger partial charge is 0.409 e. The molecule has 1 heterocycles. The molecule has 2 unspecified atom stereocenters. The van der Waals surface area contributed by atoms with Crippen LogP contribution in [0.1, 0.15) is 39.0 Å². The lowest BCUT2D eigenvalue weighted by molar-refractivity contribution is -0.192. The van der Waals surface area contributed by atoms with Crippen molar-refractivity contribution in [2.24, 2.45) is 28.1 Å². The minimum atomic E-state index is -3.75. The van der Waals surface area contributed by atoms with Crippen molar-refractivity contribution < 1.29 is 36.5 Å². The third-order valence-corrected chi connectivity index (χ3v) is 9.67. The van der Waals surface area contributed by atoms with Gasteiger partial charge in [-0.2, -0.15) is 8.42 Å². The normalized spacial score (nSPS) is 38.7. The van der Waals surface area contributed by atoms with Gasteiger partial charge in [0, 0.05) is 41.8 Å². The molecule has 6 aliphatic rings. The van der Waals surface area contributed by atoms with Crippen LogP contribution in [0.5, 0.6) is 0 Å². The molecular formula is C25H33NO8S. The SMILES string of the molecule is C=C1C=C2C[C@@]3(C(=O)CC4[C@](C)(COC(=O)N5CCOCC5)CCC[C@@]4(COS(C)(=O)=O)C23)C1=O. The van der Waals surface area contributed by atoms with Gasteiger partial charge in [-0.3, -0.25) is 13.8 Å². The first kappa shape index (κ1) is 24.6. The van der Waals surface area contributed by atoms with E-state index in [0.29, 0.717) is 44.7 Å². The largest absolute Gasteiger partial charge is 0.449 e. The van der Waals surface area contributed by atoms with Crippen molar-refractivity contribution in [3.63, 3.8) is 0 Å². The van der Waals surface area contributed by atoms with Crippen LogP contribution in [-0.2, 0) is 33.4 Å². The number of ketones is 2. The maximum atomic E-state index is 13.6. The highest BCUT2D eigenvalue weighted by molar-refractivity contribution is 7.85. The molecule has 0 aromatic heterocycles. The van der Waals surface area contributed by atoms with Crippen LogP contribution in [0, 0.1) is 28.1 Å². The lowest BCUT2D eigenvalue weighted by atomic mass is 9.33. The Morgan fingerprint density at radius 1 is 1.23 bits per heavy atom. The summed E-state index contributed by atoms with van der Waals surface area (Å²) >= 11 is 0. The van der Waals surface area contributed by atoms with E-state index in [0.717, 1.165) is 24.7 Å². The number of nitrogens with zero attached hydrogens (tertiary/aromatic N) is 1. The maximum absolute atomic E-state index is 13.6. The third kappa shape index (κ3) is 3.71. The summed E-state index contributed by atoms with van der Waals surface area (Å²) in [7, 11) is -3.75. The Balaban J connectivity index is 1.49. The fourth-order valence-corrected chi connectivity index (χ4v) is 8.05. The molecule has 5 atom stereocenters. The average Bonchev–Trinajstić information content (AvgIpc) is 2.79. The van der Waals surface area contributed by atoms with E-state index in [1.54, 1.807) is 11.0 Å². The Morgan fingerprint density at radius 3 is 2.63 bits per heavy atom. The van der Waals surface area contributed by atoms with Crippen molar-refractivity contribution in [1.82, 2.24) is 4.90 Å². The topological polar surface area (TPSA) is 116 Å². The van der Waals surface area contributed by atoms with E-state index in [9.17, 15) is 22.8 Å². The van der Waals surface area contributed by atoms with Crippen molar-refractivity contribution >= 4 is 27.8 Å². The zero-order valence-electron chi connectivity index (χ0n) is 20.3. The molecule has 9 nitrogen and oxygen atoms in total. The molecule has 1 aliphatic heterocycles. The van der Waals surface area contributed by atoms with Crippen LogP contribution in [0.2, 0.25) is 0 Å². The second-order valence-electron chi connectivity index (χ2n) is 11.2. The molecule has 5 aliphatic carbocycles. The lowest BCUT2D eigenvalue weighted by Gasteiger charge is -2.68. The third-order valence-electron chi connectivity index (χ3n) is 9.13. The standard InChI is InChI=1S/C25H33NO8S/c1-16-11-17-13-25(21(16)28)19(27)12-18-23(2,14-33-22(29)26-7-9-32-10-8-26)5-4-6-24(18,20(17)25)15-34-35(3,30)31/h11,18,20H,1,4-10,12-15H2,2-3H3/t18?,20?,23-,24-,25-/m0/s1. The lowest BCUT2D eigenvalue weighted by Crippen LogP contribution is -2.71. The number of Topliss-reactive ketones (excluding diaryl/α,β-unsaturated/α-hetero) is 2. The molecule has 2 bridgehead atoms. The predicted molar refractivity (Wildman–Crippen MR) is 125 cm³/mol. The number of hydrogen-bond acceptors (Lipinski definition) is 8. The number of hydrogen-bond donors (Lipinski definition) is 0. The van der Waals surface area contributed by atoms with Gasteiger partial charge in [0.2, 0.25) is 0 Å². The number of fused-ring (bicyclic) bond motifs is 3. The monoisotopic (exact) mass is 507 g/mol. The van der Waals surface area contributed by atoms with E-state index in [-0.39, 0.29) is 37.1 Å². The fourth-order valence-electron chi connectivity index (χ4n) is 7.62. The van der Waals surface area contributed by atoms with Crippen LogP contribution >= 0.6 is 0 Å². The Kier molecular flexibility index (Phi) is 5.80. The van der Waals surface area contributed by atoms with Crippen molar-refractivity contribution in [2.75, 3.05) is 45.8 Å². The van der Waals surface area contributed by atoms with Gasteiger partial charge >= 0.3 is 6.09 Å². The molecule has 0 aromatic carbocycles. The maximum Gasteiger partial charge on any atom is 0.409 e. The summed E-state index contributed by atoms with van der Waals surface area (Å²) in [6, 6.07) is 0. The quantitative estimate of drug-likeness (QED) is 0.316. The van der Waals surface area contributed by atoms with Gasteiger partial charge in [-0.1, -0.05) is 31.6 Å². The van der Waals surface area contributed by atoms with Gasteiger partial charge in [0.1, 0.15) is 11.2 Å². The summed E-state index contributed by atoms with van der Waals surface area (Å²) in [5, 5.41) is 0. The van der Waals surface area contributed by atoms with Gasteiger partial charge in [-0.15, -0.1) is 0 Å². The number of morpholine rings is 1. The summed E-state index contributed by atoms with van der Waals surface area (Å²) < 4.78 is 40.6. The van der Waals surface area contributed by atoms with E-state index in [4.69, 9.17) is 13.7 Å². The first-order chi connectivity index (χ1) is 16.4. The number of amides is 1. The van der Waals surface area contributed by atoms with Gasteiger partial charge in [0.05, 0.1) is 32.7 Å². The van der Waals surface area contributed by atoms with Crippen molar-refractivity contribution in [1.29, 1.82) is 0 Å². The second-order valence-corrected chi connectivity index (χ2v) is 12.8. The highest BCUT2D eigenvalue weighted by Crippen LogP contribution is 2.73. The molecule has 1 saturated heterocycles. The van der Waals surface area contributed by atoms with E-state index in [1.165, 1.54) is 0 Å². The number of ether oxygens (including phenoxy) is 2. The Bertz CT molecular complexity index is 1120. The highest BCUT2D eigenvalue weighted by atomic mass is 32.2. The molecule has 4 fully saturated rings. The first-order valence-electron chi connectivity index (χ1n) is 12.2. The van der Waals surface area contributed by atoms with Crippen molar-refractivity contribution in [3.05, 3.63) is 23.8 Å². The number of carbonyl (C=O) groups is 3. The van der Waals surface area contributed by atoms with Gasteiger partial charge in [-0.25, -0.2) is 4.79 Å². The predicted octanol–water partition coefficient (Wildman–Crippen LogP) is 2.27. The second kappa shape index (κ2) is 8.24. The summed E-state index contributed by atoms with van der Waals surface area (Å²) in [6.07, 6.45) is 4.99. The van der Waals surface area contributed by atoms with Crippen LogP contribution in [0.4, 0.5) is 4.79 Å². The molecule has 6 rings (SSSR count). The van der Waals surface area contributed by atoms with Gasteiger partial charge < -0.3 is 14.4 Å². The van der Waals surface area contributed by atoms with Crippen LogP contribution in [0.3, 0.4) is 0 Å².